The number of aromatic nitrogens is 1. The van der Waals surface area contributed by atoms with Gasteiger partial charge in [0.2, 0.25) is 6.79 Å². The van der Waals surface area contributed by atoms with Gasteiger partial charge in [-0.15, -0.1) is 12.4 Å². The van der Waals surface area contributed by atoms with E-state index < -0.39 is 0 Å². The van der Waals surface area contributed by atoms with Gasteiger partial charge in [0.05, 0.1) is 20.8 Å². The third-order valence-electron chi connectivity index (χ3n) is 4.22. The van der Waals surface area contributed by atoms with Crippen molar-refractivity contribution >= 4 is 56.6 Å². The van der Waals surface area contributed by atoms with Crippen molar-refractivity contribution in [2.24, 2.45) is 0 Å². The van der Waals surface area contributed by atoms with Crippen LogP contribution >= 0.6 is 35.3 Å². The van der Waals surface area contributed by atoms with Crippen molar-refractivity contribution in [1.29, 1.82) is 0 Å². The van der Waals surface area contributed by atoms with E-state index in [9.17, 15) is 4.79 Å². The third kappa shape index (κ3) is 4.03. The lowest BCUT2D eigenvalue weighted by atomic mass is 10.2. The number of amides is 1. The fraction of sp³-hybridized carbons (Fsp3) is 0.263. The molecular weight excluding hydrogens is 421 g/mol. The number of rotatable bonds is 5. The topological polar surface area (TPSA) is 54.9 Å². The second-order valence-electron chi connectivity index (χ2n) is 6.41. The second kappa shape index (κ2) is 8.53. The molecule has 0 aliphatic carbocycles. The minimum absolute atomic E-state index is 0. The summed E-state index contributed by atoms with van der Waals surface area (Å²) in [5.74, 6) is 1.22. The number of carbonyl (C=O) groups is 1. The van der Waals surface area contributed by atoms with Crippen LogP contribution in [0.1, 0.15) is 10.4 Å². The smallest absolute Gasteiger partial charge is 0.261 e. The normalized spacial score (nSPS) is 12.3. The van der Waals surface area contributed by atoms with Crippen LogP contribution in [0.3, 0.4) is 0 Å². The highest BCUT2D eigenvalue weighted by Crippen LogP contribution is 2.40. The Bertz CT molecular complexity index is 968. The van der Waals surface area contributed by atoms with Gasteiger partial charge < -0.3 is 14.4 Å². The van der Waals surface area contributed by atoms with Gasteiger partial charge in [0.15, 0.2) is 16.6 Å². The molecule has 0 saturated carbocycles. The first-order valence-corrected chi connectivity index (χ1v) is 9.63. The Hall–Kier alpha value is -2.06. The molecule has 1 aliphatic rings. The highest BCUT2D eigenvalue weighted by atomic mass is 35.5. The number of hydrogen-bond acceptors (Lipinski definition) is 6. The number of hydrogen-bond donors (Lipinski definition) is 0. The zero-order chi connectivity index (χ0) is 19.0. The molecule has 4 rings (SSSR count). The number of benzene rings is 2. The predicted octanol–water partition coefficient (Wildman–Crippen LogP) is 4.31. The summed E-state index contributed by atoms with van der Waals surface area (Å²) in [6.07, 6.45) is 0. The van der Waals surface area contributed by atoms with Gasteiger partial charge in [-0.1, -0.05) is 35.1 Å². The second-order valence-corrected chi connectivity index (χ2v) is 7.83. The summed E-state index contributed by atoms with van der Waals surface area (Å²) < 4.78 is 11.8. The van der Waals surface area contributed by atoms with Gasteiger partial charge in [-0.2, -0.15) is 0 Å². The van der Waals surface area contributed by atoms with Gasteiger partial charge in [-0.25, -0.2) is 4.98 Å². The number of thiazole rings is 1. The van der Waals surface area contributed by atoms with Crippen molar-refractivity contribution in [1.82, 2.24) is 9.88 Å². The van der Waals surface area contributed by atoms with Crippen LogP contribution < -0.4 is 14.4 Å². The molecule has 148 valence electrons. The molecular formula is C19H19Cl2N3O3S. The van der Waals surface area contributed by atoms with Gasteiger partial charge >= 0.3 is 0 Å². The SMILES string of the molecule is CN(C)CCN(C(=O)c1ccccc1Cl)c1nc2cc3c(cc2s1)OCO3.Cl. The lowest BCUT2D eigenvalue weighted by Gasteiger charge is -2.22. The van der Waals surface area contributed by atoms with E-state index in [2.05, 4.69) is 4.98 Å². The van der Waals surface area contributed by atoms with Crippen molar-refractivity contribution in [2.75, 3.05) is 38.9 Å². The maximum atomic E-state index is 13.2. The van der Waals surface area contributed by atoms with Crippen LogP contribution in [0.5, 0.6) is 11.5 Å². The number of carbonyl (C=O) groups excluding carboxylic acids is 1. The minimum atomic E-state index is -0.165. The monoisotopic (exact) mass is 439 g/mol. The summed E-state index contributed by atoms with van der Waals surface area (Å²) >= 11 is 7.70. The molecule has 3 aromatic rings. The van der Waals surface area contributed by atoms with Gasteiger partial charge in [0, 0.05) is 25.2 Å². The van der Waals surface area contributed by atoms with Gasteiger partial charge in [0.1, 0.15) is 0 Å². The molecule has 1 aliphatic heterocycles. The maximum absolute atomic E-state index is 13.2. The summed E-state index contributed by atoms with van der Waals surface area (Å²) in [4.78, 5) is 21.6. The molecule has 2 aromatic carbocycles. The van der Waals surface area contributed by atoms with Crippen molar-refractivity contribution < 1.29 is 14.3 Å². The number of likely N-dealkylation sites (N-methyl/N-ethyl adjacent to an activating group) is 1. The van der Waals surface area contributed by atoms with Crippen LogP contribution in [0.4, 0.5) is 5.13 Å². The van der Waals surface area contributed by atoms with Crippen molar-refractivity contribution in [2.45, 2.75) is 0 Å². The quantitative estimate of drug-likeness (QED) is 0.592. The molecule has 0 atom stereocenters. The first kappa shape index (κ1) is 20.7. The average molecular weight is 440 g/mol. The van der Waals surface area contributed by atoms with Crippen LogP contribution in [0, 0.1) is 0 Å². The van der Waals surface area contributed by atoms with Crippen LogP contribution in [0.2, 0.25) is 5.02 Å². The predicted molar refractivity (Wildman–Crippen MR) is 115 cm³/mol. The van der Waals surface area contributed by atoms with Gasteiger partial charge in [0.25, 0.3) is 5.91 Å². The molecule has 0 unspecified atom stereocenters. The zero-order valence-electron chi connectivity index (χ0n) is 15.3. The Balaban J connectivity index is 0.00000225. The van der Waals surface area contributed by atoms with E-state index in [-0.39, 0.29) is 25.1 Å². The van der Waals surface area contributed by atoms with Crippen LogP contribution in [-0.2, 0) is 0 Å². The largest absolute Gasteiger partial charge is 0.454 e. The molecule has 6 nitrogen and oxygen atoms in total. The van der Waals surface area contributed by atoms with E-state index in [4.69, 9.17) is 21.1 Å². The Morgan fingerprint density at radius 1 is 1.18 bits per heavy atom. The van der Waals surface area contributed by atoms with Crippen LogP contribution in [-0.4, -0.2) is 49.8 Å². The van der Waals surface area contributed by atoms with E-state index in [1.54, 1.807) is 23.1 Å². The molecule has 0 radical (unpaired) electrons. The van der Waals surface area contributed by atoms with Crippen molar-refractivity contribution in [3.05, 3.63) is 47.0 Å². The first-order valence-electron chi connectivity index (χ1n) is 8.44. The number of ether oxygens (including phenoxy) is 2. The van der Waals surface area contributed by atoms with E-state index in [0.717, 1.165) is 10.2 Å². The Labute approximate surface area is 178 Å². The summed E-state index contributed by atoms with van der Waals surface area (Å²) in [5.41, 5.74) is 1.24. The Morgan fingerprint density at radius 2 is 1.89 bits per heavy atom. The molecule has 1 aromatic heterocycles. The summed E-state index contributed by atoms with van der Waals surface area (Å²) in [7, 11) is 3.94. The summed E-state index contributed by atoms with van der Waals surface area (Å²) in [5, 5.41) is 1.06. The fourth-order valence-corrected chi connectivity index (χ4v) is 4.00. The molecule has 0 fully saturated rings. The molecule has 0 saturated heterocycles. The average Bonchev–Trinajstić information content (AvgIpc) is 3.25. The van der Waals surface area contributed by atoms with E-state index in [1.807, 2.05) is 37.2 Å². The first-order chi connectivity index (χ1) is 13.0. The van der Waals surface area contributed by atoms with E-state index in [0.29, 0.717) is 40.3 Å². The lowest BCUT2D eigenvalue weighted by Crippen LogP contribution is -2.36. The molecule has 9 heteroatoms. The Kier molecular flexibility index (Phi) is 6.30. The van der Waals surface area contributed by atoms with E-state index in [1.165, 1.54) is 11.3 Å². The molecule has 0 spiro atoms. The Morgan fingerprint density at radius 3 is 2.61 bits per heavy atom. The van der Waals surface area contributed by atoms with E-state index >= 15 is 0 Å². The van der Waals surface area contributed by atoms with Gasteiger partial charge in [-0.3, -0.25) is 9.69 Å². The molecule has 28 heavy (non-hydrogen) atoms. The third-order valence-corrected chi connectivity index (χ3v) is 5.59. The van der Waals surface area contributed by atoms with Crippen molar-refractivity contribution in [3.8, 4) is 11.5 Å². The minimum Gasteiger partial charge on any atom is -0.454 e. The summed E-state index contributed by atoms with van der Waals surface area (Å²) in [6, 6.07) is 10.8. The number of anilines is 1. The lowest BCUT2D eigenvalue weighted by molar-refractivity contribution is 0.0985. The standard InChI is InChI=1S/C19H18ClN3O3S.ClH/c1-22(2)7-8-23(18(24)12-5-3-4-6-13(12)20)19-21-14-9-15-16(26-11-25-15)10-17(14)27-19;/h3-6,9-10H,7-8,11H2,1-2H3;1H. The van der Waals surface area contributed by atoms with Crippen LogP contribution in [0.15, 0.2) is 36.4 Å². The van der Waals surface area contributed by atoms with Crippen LogP contribution in [0.25, 0.3) is 10.2 Å². The highest BCUT2D eigenvalue weighted by molar-refractivity contribution is 7.22. The van der Waals surface area contributed by atoms with Gasteiger partial charge in [-0.05, 0) is 26.2 Å². The fourth-order valence-electron chi connectivity index (χ4n) is 2.79. The van der Waals surface area contributed by atoms with Crippen molar-refractivity contribution in [3.63, 3.8) is 0 Å². The zero-order valence-corrected chi connectivity index (χ0v) is 17.7. The molecule has 0 N–H and O–H groups in total. The maximum Gasteiger partial charge on any atom is 0.261 e. The number of nitrogens with zero attached hydrogens (tertiary/aromatic N) is 3. The molecule has 0 bridgehead atoms. The highest BCUT2D eigenvalue weighted by Gasteiger charge is 2.24. The molecule has 2 heterocycles. The number of halogens is 2. The summed E-state index contributed by atoms with van der Waals surface area (Å²) in [6.45, 7) is 1.43. The molecule has 1 amide bonds. The number of fused-ring (bicyclic) bond motifs is 2.